The van der Waals surface area contributed by atoms with Gasteiger partial charge in [-0.3, -0.25) is 4.79 Å². The van der Waals surface area contributed by atoms with Crippen molar-refractivity contribution >= 4 is 16.9 Å². The molecule has 0 spiro atoms. The Morgan fingerprint density at radius 2 is 2.05 bits per heavy atom. The van der Waals surface area contributed by atoms with Crippen LogP contribution in [0.4, 0.5) is 0 Å². The van der Waals surface area contributed by atoms with E-state index in [1.54, 1.807) is 18.2 Å². The third-order valence-corrected chi connectivity index (χ3v) is 2.81. The van der Waals surface area contributed by atoms with Crippen molar-refractivity contribution in [3.8, 4) is 5.75 Å². The second-order valence-electron chi connectivity index (χ2n) is 4.63. The number of aromatic nitrogens is 1. The Morgan fingerprint density at radius 1 is 1.37 bits per heavy atom. The van der Waals surface area contributed by atoms with E-state index in [0.717, 1.165) is 0 Å². The summed E-state index contributed by atoms with van der Waals surface area (Å²) in [6.07, 6.45) is -0.00501. The molecule has 1 aromatic heterocycles. The molecule has 2 aromatic rings. The number of rotatable bonds is 3. The average Bonchev–Trinajstić information content (AvgIpc) is 2.30. The molecule has 0 amide bonds. The molecule has 0 radical (unpaired) electrons. The number of aromatic amines is 1. The van der Waals surface area contributed by atoms with Crippen molar-refractivity contribution < 1.29 is 14.6 Å². The molecular formula is C14H15NO4. The van der Waals surface area contributed by atoms with Crippen LogP contribution in [-0.2, 0) is 0 Å². The number of aromatic carboxylic acids is 1. The summed E-state index contributed by atoms with van der Waals surface area (Å²) in [6, 6.07) is 5.00. The molecular weight excluding hydrogens is 246 g/mol. The maximum atomic E-state index is 11.7. The zero-order chi connectivity index (χ0) is 14.2. The predicted molar refractivity (Wildman–Crippen MR) is 72.0 cm³/mol. The molecule has 1 heterocycles. The van der Waals surface area contributed by atoms with Crippen LogP contribution in [0.15, 0.2) is 23.0 Å². The van der Waals surface area contributed by atoms with Crippen molar-refractivity contribution in [3.63, 3.8) is 0 Å². The van der Waals surface area contributed by atoms with Crippen LogP contribution < -0.4 is 10.3 Å². The molecule has 0 aliphatic carbocycles. The monoisotopic (exact) mass is 261 g/mol. The van der Waals surface area contributed by atoms with E-state index in [1.807, 2.05) is 13.8 Å². The Labute approximate surface area is 109 Å². The number of carboxylic acid groups (broad SMARTS) is 1. The highest BCUT2D eigenvalue weighted by atomic mass is 16.5. The summed E-state index contributed by atoms with van der Waals surface area (Å²) in [5.41, 5.74) is 0.321. The quantitative estimate of drug-likeness (QED) is 0.888. The number of benzene rings is 1. The first-order chi connectivity index (χ1) is 8.90. The molecule has 0 aliphatic rings. The Bertz CT molecular complexity index is 700. The lowest BCUT2D eigenvalue weighted by Gasteiger charge is -2.12. The Hall–Kier alpha value is -2.30. The molecule has 5 heteroatoms. The molecule has 100 valence electrons. The molecule has 0 bridgehead atoms. The predicted octanol–water partition coefficient (Wildman–Crippen LogP) is 2.32. The van der Waals surface area contributed by atoms with Gasteiger partial charge in [-0.1, -0.05) is 0 Å². The number of carboxylic acids is 1. The van der Waals surface area contributed by atoms with Crippen LogP contribution in [0.5, 0.6) is 5.75 Å². The van der Waals surface area contributed by atoms with Crippen LogP contribution >= 0.6 is 0 Å². The number of ether oxygens (including phenoxy) is 1. The van der Waals surface area contributed by atoms with E-state index < -0.39 is 5.97 Å². The molecule has 19 heavy (non-hydrogen) atoms. The standard InChI is InChI=1S/C14H15NO4/c1-7(2)19-9-4-5-11-10(6-9)12(14(17)18)8(3)13(16)15-11/h4-7H,1-3H3,(H,15,16)(H,17,18). The van der Waals surface area contributed by atoms with Gasteiger partial charge in [0.05, 0.1) is 11.7 Å². The van der Waals surface area contributed by atoms with Crippen molar-refractivity contribution in [3.05, 3.63) is 39.7 Å². The lowest BCUT2D eigenvalue weighted by Crippen LogP contribution is -2.16. The summed E-state index contributed by atoms with van der Waals surface area (Å²) < 4.78 is 5.54. The van der Waals surface area contributed by atoms with Crippen LogP contribution in [0.1, 0.15) is 29.8 Å². The summed E-state index contributed by atoms with van der Waals surface area (Å²) in [7, 11) is 0. The summed E-state index contributed by atoms with van der Waals surface area (Å²) in [6.45, 7) is 5.28. The second kappa shape index (κ2) is 4.76. The van der Waals surface area contributed by atoms with Gasteiger partial charge in [-0.05, 0) is 39.0 Å². The molecule has 0 unspecified atom stereocenters. The van der Waals surface area contributed by atoms with E-state index in [-0.39, 0.29) is 22.8 Å². The van der Waals surface area contributed by atoms with E-state index in [4.69, 9.17) is 4.74 Å². The topological polar surface area (TPSA) is 79.4 Å². The first kappa shape index (κ1) is 13.1. The van der Waals surface area contributed by atoms with Crippen molar-refractivity contribution in [2.45, 2.75) is 26.9 Å². The number of carbonyl (C=O) groups is 1. The number of H-pyrrole nitrogens is 1. The Morgan fingerprint density at radius 3 is 2.63 bits per heavy atom. The first-order valence-electron chi connectivity index (χ1n) is 5.96. The lowest BCUT2D eigenvalue weighted by atomic mass is 10.0. The molecule has 0 aliphatic heterocycles. The van der Waals surface area contributed by atoms with Crippen LogP contribution in [-0.4, -0.2) is 22.2 Å². The minimum atomic E-state index is -1.12. The van der Waals surface area contributed by atoms with Crippen molar-refractivity contribution in [2.24, 2.45) is 0 Å². The molecule has 5 nitrogen and oxygen atoms in total. The SMILES string of the molecule is Cc1c(C(=O)O)c2cc(OC(C)C)ccc2[nH]c1=O. The van der Waals surface area contributed by atoms with Gasteiger partial charge in [0.15, 0.2) is 0 Å². The van der Waals surface area contributed by atoms with Gasteiger partial charge in [-0.25, -0.2) is 4.79 Å². The van der Waals surface area contributed by atoms with Gasteiger partial charge < -0.3 is 14.8 Å². The minimum absolute atomic E-state index is 0.00501. The largest absolute Gasteiger partial charge is 0.491 e. The van der Waals surface area contributed by atoms with Gasteiger partial charge in [0, 0.05) is 16.5 Å². The molecule has 0 atom stereocenters. The Kier molecular flexibility index (Phi) is 3.29. The van der Waals surface area contributed by atoms with E-state index in [0.29, 0.717) is 16.7 Å². The van der Waals surface area contributed by atoms with Gasteiger partial charge in [0.1, 0.15) is 5.75 Å². The first-order valence-corrected chi connectivity index (χ1v) is 5.96. The third-order valence-electron chi connectivity index (χ3n) is 2.81. The van der Waals surface area contributed by atoms with E-state index in [2.05, 4.69) is 4.98 Å². The molecule has 2 rings (SSSR count). The number of fused-ring (bicyclic) bond motifs is 1. The van der Waals surface area contributed by atoms with Crippen molar-refractivity contribution in [1.82, 2.24) is 4.98 Å². The fourth-order valence-corrected chi connectivity index (χ4v) is 1.99. The van der Waals surface area contributed by atoms with E-state index in [9.17, 15) is 14.7 Å². The van der Waals surface area contributed by atoms with Gasteiger partial charge in [-0.2, -0.15) is 0 Å². The fourth-order valence-electron chi connectivity index (χ4n) is 1.99. The van der Waals surface area contributed by atoms with Gasteiger partial charge in [0.2, 0.25) is 0 Å². The molecule has 1 aromatic carbocycles. The van der Waals surface area contributed by atoms with Crippen molar-refractivity contribution in [2.75, 3.05) is 0 Å². The van der Waals surface area contributed by atoms with Gasteiger partial charge in [0.25, 0.3) is 5.56 Å². The van der Waals surface area contributed by atoms with Crippen LogP contribution in [0, 0.1) is 6.92 Å². The van der Waals surface area contributed by atoms with E-state index in [1.165, 1.54) is 6.92 Å². The summed E-state index contributed by atoms with van der Waals surface area (Å²) in [5, 5.41) is 9.74. The van der Waals surface area contributed by atoms with Crippen LogP contribution in [0.25, 0.3) is 10.9 Å². The fraction of sp³-hybridized carbons (Fsp3) is 0.286. The zero-order valence-electron chi connectivity index (χ0n) is 11.0. The maximum absolute atomic E-state index is 11.7. The maximum Gasteiger partial charge on any atom is 0.336 e. The van der Waals surface area contributed by atoms with Crippen LogP contribution in [0.3, 0.4) is 0 Å². The lowest BCUT2D eigenvalue weighted by molar-refractivity contribution is 0.0698. The minimum Gasteiger partial charge on any atom is -0.491 e. The third kappa shape index (κ3) is 2.45. The molecule has 0 saturated carbocycles. The molecule has 0 fully saturated rings. The summed E-state index contributed by atoms with van der Waals surface area (Å²) in [4.78, 5) is 25.7. The van der Waals surface area contributed by atoms with Gasteiger partial charge in [-0.15, -0.1) is 0 Å². The van der Waals surface area contributed by atoms with Crippen LogP contribution in [0.2, 0.25) is 0 Å². The summed E-state index contributed by atoms with van der Waals surface area (Å²) in [5.74, 6) is -0.535. The smallest absolute Gasteiger partial charge is 0.336 e. The number of hydrogen-bond donors (Lipinski definition) is 2. The normalized spacial score (nSPS) is 10.9. The summed E-state index contributed by atoms with van der Waals surface area (Å²) >= 11 is 0. The number of pyridine rings is 1. The van der Waals surface area contributed by atoms with Gasteiger partial charge >= 0.3 is 5.97 Å². The Balaban J connectivity index is 2.76. The second-order valence-corrected chi connectivity index (χ2v) is 4.63. The van der Waals surface area contributed by atoms with E-state index >= 15 is 0 Å². The zero-order valence-corrected chi connectivity index (χ0v) is 11.0. The highest BCUT2D eigenvalue weighted by Crippen LogP contribution is 2.24. The molecule has 2 N–H and O–H groups in total. The molecule has 0 saturated heterocycles. The average molecular weight is 261 g/mol. The van der Waals surface area contributed by atoms with Crippen molar-refractivity contribution in [1.29, 1.82) is 0 Å². The number of nitrogens with one attached hydrogen (secondary N) is 1. The number of hydrogen-bond acceptors (Lipinski definition) is 3. The highest BCUT2D eigenvalue weighted by Gasteiger charge is 2.16. The highest BCUT2D eigenvalue weighted by molar-refractivity contribution is 6.04.